The smallest absolute Gasteiger partial charge is 0.146 e. The third kappa shape index (κ3) is 3.28. The van der Waals surface area contributed by atoms with Crippen LogP contribution < -0.4 is 10.5 Å². The van der Waals surface area contributed by atoms with Crippen molar-refractivity contribution in [2.24, 2.45) is 0 Å². The molecule has 0 amide bonds. The predicted molar refractivity (Wildman–Crippen MR) is 62.3 cm³/mol. The van der Waals surface area contributed by atoms with E-state index in [0.29, 0.717) is 5.69 Å². The molecule has 5 heteroatoms. The van der Waals surface area contributed by atoms with Gasteiger partial charge >= 0.3 is 0 Å². The van der Waals surface area contributed by atoms with Crippen molar-refractivity contribution in [1.82, 2.24) is 0 Å². The van der Waals surface area contributed by atoms with Gasteiger partial charge in [0.25, 0.3) is 0 Å². The number of nitrogens with one attached hydrogen (secondary N) is 1. The molecule has 1 atom stereocenters. The Hall–Kier alpha value is -0.940. The minimum absolute atomic E-state index is 0.0471. The molecule has 0 aliphatic heterocycles. The molecule has 1 aromatic carbocycles. The van der Waals surface area contributed by atoms with Gasteiger partial charge in [0.15, 0.2) is 0 Å². The predicted octanol–water partition coefficient (Wildman–Crippen LogP) is 2.28. The third-order valence-electron chi connectivity index (χ3n) is 1.76. The van der Waals surface area contributed by atoms with Crippen LogP contribution >= 0.6 is 0 Å². The van der Waals surface area contributed by atoms with Crippen LogP contribution in [-0.2, 0) is 11.4 Å². The lowest BCUT2D eigenvalue weighted by Crippen LogP contribution is -2.33. The standard InChI is InChI=1S/C10H15FN2OS/c1-10(2,3)15(14)13-7-4-5-8(11)9(12)6-7/h4-6,13H,12H2,1-3H3. The van der Waals surface area contributed by atoms with Crippen LogP contribution in [0, 0.1) is 5.82 Å². The van der Waals surface area contributed by atoms with Crippen molar-refractivity contribution in [2.75, 3.05) is 10.5 Å². The molecule has 0 aromatic heterocycles. The summed E-state index contributed by atoms with van der Waals surface area (Å²) in [5, 5.41) is 0. The number of benzene rings is 1. The summed E-state index contributed by atoms with van der Waals surface area (Å²) < 4.78 is 26.9. The zero-order valence-corrected chi connectivity index (χ0v) is 9.82. The monoisotopic (exact) mass is 230 g/mol. The quantitative estimate of drug-likeness (QED) is 0.605. The van der Waals surface area contributed by atoms with Crippen LogP contribution in [0.2, 0.25) is 0 Å². The van der Waals surface area contributed by atoms with Gasteiger partial charge < -0.3 is 10.3 Å². The maximum Gasteiger partial charge on any atom is 0.146 e. The average molecular weight is 230 g/mol. The molecule has 0 spiro atoms. The van der Waals surface area contributed by atoms with Crippen LogP contribution in [-0.4, -0.2) is 9.30 Å². The summed E-state index contributed by atoms with van der Waals surface area (Å²) in [6.07, 6.45) is 0. The number of anilines is 2. The molecule has 0 saturated heterocycles. The van der Waals surface area contributed by atoms with E-state index in [4.69, 9.17) is 5.73 Å². The maximum absolute atomic E-state index is 12.8. The van der Waals surface area contributed by atoms with E-state index in [2.05, 4.69) is 4.72 Å². The van der Waals surface area contributed by atoms with E-state index in [-0.39, 0.29) is 10.4 Å². The summed E-state index contributed by atoms with van der Waals surface area (Å²) in [6, 6.07) is 4.19. The van der Waals surface area contributed by atoms with Crippen molar-refractivity contribution in [3.8, 4) is 0 Å². The lowest BCUT2D eigenvalue weighted by Gasteiger charge is -2.24. The van der Waals surface area contributed by atoms with Gasteiger partial charge in [-0.2, -0.15) is 0 Å². The first-order valence-corrected chi connectivity index (χ1v) is 5.69. The first-order chi connectivity index (χ1) is 6.80. The summed E-state index contributed by atoms with van der Waals surface area (Å²) >= 11 is -1.23. The molecular weight excluding hydrogens is 215 g/mol. The third-order valence-corrected chi connectivity index (χ3v) is 3.30. The van der Waals surface area contributed by atoms with Crippen molar-refractivity contribution in [3.63, 3.8) is 0 Å². The fourth-order valence-corrected chi connectivity index (χ4v) is 1.51. The number of rotatable bonds is 2. The van der Waals surface area contributed by atoms with Gasteiger partial charge in [-0.05, 0) is 39.0 Å². The van der Waals surface area contributed by atoms with Gasteiger partial charge in [0, 0.05) is 0 Å². The molecule has 0 radical (unpaired) electrons. The Labute approximate surface area is 92.2 Å². The van der Waals surface area contributed by atoms with E-state index in [0.717, 1.165) is 0 Å². The topological polar surface area (TPSA) is 61.1 Å². The highest BCUT2D eigenvalue weighted by molar-refractivity contribution is 7.94. The van der Waals surface area contributed by atoms with Crippen LogP contribution in [0.15, 0.2) is 18.2 Å². The Morgan fingerprint density at radius 2 is 2.00 bits per heavy atom. The summed E-state index contributed by atoms with van der Waals surface area (Å²) in [5.74, 6) is -0.470. The molecule has 0 heterocycles. The zero-order chi connectivity index (χ0) is 11.6. The normalized spacial score (nSPS) is 13.7. The summed E-state index contributed by atoms with van der Waals surface area (Å²) in [4.78, 5) is 0. The van der Waals surface area contributed by atoms with Crippen molar-refractivity contribution in [1.29, 1.82) is 0 Å². The van der Waals surface area contributed by atoms with Crippen LogP contribution in [0.25, 0.3) is 0 Å². The molecule has 0 bridgehead atoms. The fourth-order valence-electron chi connectivity index (χ4n) is 0.867. The summed E-state index contributed by atoms with van der Waals surface area (Å²) in [7, 11) is 0. The minimum atomic E-state index is -1.23. The number of halogens is 1. The van der Waals surface area contributed by atoms with Crippen LogP contribution in [0.5, 0.6) is 0 Å². The molecule has 1 aromatic rings. The number of hydrogen-bond acceptors (Lipinski definition) is 3. The molecule has 1 unspecified atom stereocenters. The van der Waals surface area contributed by atoms with Crippen LogP contribution in [0.1, 0.15) is 20.8 Å². The molecule has 0 saturated carbocycles. The molecular formula is C10H15FN2OS. The minimum Gasteiger partial charge on any atom is -0.593 e. The second-order valence-electron chi connectivity index (χ2n) is 4.22. The van der Waals surface area contributed by atoms with Gasteiger partial charge in [-0.15, -0.1) is 0 Å². The largest absolute Gasteiger partial charge is 0.593 e. The van der Waals surface area contributed by atoms with Crippen LogP contribution in [0.4, 0.5) is 15.8 Å². The average Bonchev–Trinajstić information content (AvgIpc) is 2.10. The van der Waals surface area contributed by atoms with Crippen molar-refractivity contribution in [2.45, 2.75) is 25.5 Å². The maximum atomic E-state index is 12.8. The summed E-state index contributed by atoms with van der Waals surface area (Å²) in [5.41, 5.74) is 6.00. The van der Waals surface area contributed by atoms with Gasteiger partial charge in [0.2, 0.25) is 0 Å². The van der Waals surface area contributed by atoms with Gasteiger partial charge in [0.1, 0.15) is 10.6 Å². The SMILES string of the molecule is CC(C)(C)[S+]([O-])Nc1ccc(F)c(N)c1. The molecule has 15 heavy (non-hydrogen) atoms. The molecule has 84 valence electrons. The van der Waals surface area contributed by atoms with Crippen molar-refractivity contribution in [3.05, 3.63) is 24.0 Å². The first-order valence-electron chi connectivity index (χ1n) is 4.54. The Kier molecular flexibility index (Phi) is 3.46. The van der Waals surface area contributed by atoms with E-state index in [1.54, 1.807) is 0 Å². The highest BCUT2D eigenvalue weighted by Crippen LogP contribution is 2.22. The highest BCUT2D eigenvalue weighted by atomic mass is 32.2. The molecule has 1 rings (SSSR count). The molecule has 3 nitrogen and oxygen atoms in total. The number of nitrogens with two attached hydrogens (primary N) is 1. The summed E-state index contributed by atoms with van der Waals surface area (Å²) in [6.45, 7) is 5.55. The van der Waals surface area contributed by atoms with E-state index >= 15 is 0 Å². The Morgan fingerprint density at radius 3 is 2.47 bits per heavy atom. The van der Waals surface area contributed by atoms with Crippen molar-refractivity contribution >= 4 is 22.7 Å². The van der Waals surface area contributed by atoms with Crippen molar-refractivity contribution < 1.29 is 8.94 Å². The lowest BCUT2D eigenvalue weighted by atomic mass is 10.3. The van der Waals surface area contributed by atoms with E-state index in [1.165, 1.54) is 18.2 Å². The molecule has 0 aliphatic carbocycles. The van der Waals surface area contributed by atoms with Gasteiger partial charge in [-0.1, -0.05) is 0 Å². The molecule has 0 fully saturated rings. The zero-order valence-electron chi connectivity index (χ0n) is 9.00. The number of nitrogen functional groups attached to an aromatic ring is 1. The lowest BCUT2D eigenvalue weighted by molar-refractivity contribution is 0.565. The Bertz CT molecular complexity index is 352. The Balaban J connectivity index is 2.78. The van der Waals surface area contributed by atoms with Crippen LogP contribution in [0.3, 0.4) is 0 Å². The van der Waals surface area contributed by atoms with Gasteiger partial charge in [-0.25, -0.2) is 9.11 Å². The number of hydrogen-bond donors (Lipinski definition) is 2. The highest BCUT2D eigenvalue weighted by Gasteiger charge is 2.26. The fraction of sp³-hybridized carbons (Fsp3) is 0.400. The molecule has 3 N–H and O–H groups in total. The van der Waals surface area contributed by atoms with E-state index in [9.17, 15) is 8.94 Å². The second kappa shape index (κ2) is 4.28. The first kappa shape index (κ1) is 12.1. The van der Waals surface area contributed by atoms with Gasteiger partial charge in [-0.3, -0.25) is 0 Å². The molecule has 0 aliphatic rings. The van der Waals surface area contributed by atoms with Gasteiger partial charge in [0.05, 0.1) is 22.7 Å². The Morgan fingerprint density at radius 1 is 1.40 bits per heavy atom. The van der Waals surface area contributed by atoms with E-state index < -0.39 is 17.2 Å². The second-order valence-corrected chi connectivity index (χ2v) is 6.19. The van der Waals surface area contributed by atoms with E-state index in [1.807, 2.05) is 20.8 Å².